The van der Waals surface area contributed by atoms with Crippen molar-refractivity contribution < 1.29 is 14.3 Å². The number of ether oxygens (including phenoxy) is 2. The first-order valence-electron chi connectivity index (χ1n) is 8.09. The number of esters is 1. The lowest BCUT2D eigenvalue weighted by Gasteiger charge is -2.10. The Balaban J connectivity index is 1.70. The first-order chi connectivity index (χ1) is 12.2. The Labute approximate surface area is 145 Å². The molecular weight excluding hydrogens is 320 g/mol. The van der Waals surface area contributed by atoms with Crippen LogP contribution in [0.4, 0.5) is 0 Å². The molecule has 0 unspecified atom stereocenters. The highest BCUT2D eigenvalue weighted by atomic mass is 16.5. The van der Waals surface area contributed by atoms with Gasteiger partial charge in [-0.25, -0.2) is 9.78 Å². The summed E-state index contributed by atoms with van der Waals surface area (Å²) in [7, 11) is 0. The Morgan fingerprint density at radius 1 is 1.24 bits per heavy atom. The van der Waals surface area contributed by atoms with Gasteiger partial charge in [0.05, 0.1) is 43.1 Å². The lowest BCUT2D eigenvalue weighted by atomic mass is 10.2. The fourth-order valence-corrected chi connectivity index (χ4v) is 2.46. The number of nitrogens with one attached hydrogen (secondary N) is 1. The van der Waals surface area contributed by atoms with E-state index in [2.05, 4.69) is 15.2 Å². The van der Waals surface area contributed by atoms with Gasteiger partial charge in [0.2, 0.25) is 0 Å². The molecule has 2 aromatic heterocycles. The molecule has 3 rings (SSSR count). The van der Waals surface area contributed by atoms with Gasteiger partial charge in [0.15, 0.2) is 5.69 Å². The van der Waals surface area contributed by atoms with Crippen LogP contribution in [0.3, 0.4) is 0 Å². The van der Waals surface area contributed by atoms with E-state index in [9.17, 15) is 4.79 Å². The van der Waals surface area contributed by atoms with E-state index >= 15 is 0 Å². The summed E-state index contributed by atoms with van der Waals surface area (Å²) in [6.45, 7) is 5.19. The number of aryl methyl sites for hydroxylation is 1. The van der Waals surface area contributed by atoms with Crippen LogP contribution >= 0.6 is 0 Å². The molecule has 0 saturated carbocycles. The third-order valence-corrected chi connectivity index (χ3v) is 3.73. The third-order valence-electron chi connectivity index (χ3n) is 3.73. The molecule has 0 saturated heterocycles. The van der Waals surface area contributed by atoms with E-state index in [-0.39, 0.29) is 0 Å². The summed E-state index contributed by atoms with van der Waals surface area (Å²) in [6, 6.07) is 7.91. The Hall–Kier alpha value is -3.09. The van der Waals surface area contributed by atoms with E-state index in [4.69, 9.17) is 9.47 Å². The zero-order valence-electron chi connectivity index (χ0n) is 14.2. The second-order valence-electron chi connectivity index (χ2n) is 5.51. The molecule has 7 heteroatoms. The topological polar surface area (TPSA) is 82.0 Å². The highest BCUT2D eigenvalue weighted by molar-refractivity contribution is 5.94. The van der Waals surface area contributed by atoms with E-state index in [0.717, 1.165) is 11.4 Å². The van der Waals surface area contributed by atoms with Crippen molar-refractivity contribution in [3.8, 4) is 17.0 Å². The molecule has 0 aliphatic rings. The van der Waals surface area contributed by atoms with Crippen LogP contribution in [0, 0.1) is 6.92 Å². The second kappa shape index (κ2) is 7.65. The summed E-state index contributed by atoms with van der Waals surface area (Å²) in [5.74, 6) is 0.390. The lowest BCUT2D eigenvalue weighted by Crippen LogP contribution is -2.10. The Bertz CT molecular complexity index is 836. The molecule has 25 heavy (non-hydrogen) atoms. The zero-order valence-corrected chi connectivity index (χ0v) is 14.2. The summed E-state index contributed by atoms with van der Waals surface area (Å²) < 4.78 is 12.7. The van der Waals surface area contributed by atoms with Gasteiger partial charge in [-0.3, -0.25) is 5.10 Å². The van der Waals surface area contributed by atoms with Crippen molar-refractivity contribution in [1.29, 1.82) is 0 Å². The van der Waals surface area contributed by atoms with E-state index in [0.29, 0.717) is 31.0 Å². The monoisotopic (exact) mass is 340 g/mol. The second-order valence-corrected chi connectivity index (χ2v) is 5.51. The van der Waals surface area contributed by atoms with Gasteiger partial charge in [-0.1, -0.05) is 17.7 Å². The first kappa shape index (κ1) is 16.8. The molecule has 0 spiro atoms. The van der Waals surface area contributed by atoms with E-state index in [1.54, 1.807) is 25.6 Å². The van der Waals surface area contributed by atoms with Crippen molar-refractivity contribution in [3.63, 3.8) is 0 Å². The van der Waals surface area contributed by atoms with Crippen LogP contribution in [-0.4, -0.2) is 38.9 Å². The molecule has 7 nitrogen and oxygen atoms in total. The standard InChI is InChI=1S/C18H20N4O3/c1-3-24-18(23)17-15(10-20-21-17)16-11-19-12-22(16)8-9-25-14-6-4-13(2)5-7-14/h4-7,10-12H,3,8-9H2,1-2H3,(H,20,21). The van der Waals surface area contributed by atoms with Gasteiger partial charge in [0.1, 0.15) is 12.4 Å². The van der Waals surface area contributed by atoms with Crippen LogP contribution in [0.5, 0.6) is 5.75 Å². The van der Waals surface area contributed by atoms with Gasteiger partial charge in [-0.2, -0.15) is 5.10 Å². The molecule has 0 bridgehead atoms. The molecule has 2 heterocycles. The fourth-order valence-electron chi connectivity index (χ4n) is 2.46. The summed E-state index contributed by atoms with van der Waals surface area (Å²) in [4.78, 5) is 16.2. The average molecular weight is 340 g/mol. The minimum atomic E-state index is -0.432. The summed E-state index contributed by atoms with van der Waals surface area (Å²) >= 11 is 0. The number of H-pyrrole nitrogens is 1. The number of aromatic nitrogens is 4. The SMILES string of the molecule is CCOC(=O)c1[nH]ncc1-c1cncn1CCOc1ccc(C)cc1. The lowest BCUT2D eigenvalue weighted by molar-refractivity contribution is 0.0520. The average Bonchev–Trinajstić information content (AvgIpc) is 3.25. The van der Waals surface area contributed by atoms with Crippen LogP contribution in [0.1, 0.15) is 23.0 Å². The van der Waals surface area contributed by atoms with Gasteiger partial charge >= 0.3 is 5.97 Å². The number of benzene rings is 1. The molecule has 1 aromatic carbocycles. The maximum atomic E-state index is 12.0. The zero-order chi connectivity index (χ0) is 17.6. The molecule has 130 valence electrons. The van der Waals surface area contributed by atoms with Crippen LogP contribution in [-0.2, 0) is 11.3 Å². The highest BCUT2D eigenvalue weighted by Crippen LogP contribution is 2.22. The number of imidazole rings is 1. The molecule has 0 atom stereocenters. The number of carbonyl (C=O) groups is 1. The van der Waals surface area contributed by atoms with Crippen molar-refractivity contribution in [2.24, 2.45) is 0 Å². The fraction of sp³-hybridized carbons (Fsp3) is 0.278. The van der Waals surface area contributed by atoms with Crippen molar-refractivity contribution in [3.05, 3.63) is 54.2 Å². The van der Waals surface area contributed by atoms with Crippen LogP contribution in [0.15, 0.2) is 43.0 Å². The quantitative estimate of drug-likeness (QED) is 0.669. The van der Waals surface area contributed by atoms with Crippen LogP contribution < -0.4 is 4.74 Å². The van der Waals surface area contributed by atoms with Crippen molar-refractivity contribution >= 4 is 5.97 Å². The molecule has 0 aliphatic heterocycles. The third kappa shape index (κ3) is 3.88. The van der Waals surface area contributed by atoms with E-state index in [1.165, 1.54) is 5.56 Å². The molecule has 0 aliphatic carbocycles. The predicted molar refractivity (Wildman–Crippen MR) is 92.4 cm³/mol. The van der Waals surface area contributed by atoms with Crippen LogP contribution in [0.25, 0.3) is 11.3 Å². The van der Waals surface area contributed by atoms with Crippen molar-refractivity contribution in [1.82, 2.24) is 19.7 Å². The number of carbonyl (C=O) groups excluding carboxylic acids is 1. The van der Waals surface area contributed by atoms with Crippen molar-refractivity contribution in [2.75, 3.05) is 13.2 Å². The van der Waals surface area contributed by atoms with E-state index < -0.39 is 5.97 Å². The minimum Gasteiger partial charge on any atom is -0.492 e. The summed E-state index contributed by atoms with van der Waals surface area (Å²) in [5, 5.41) is 6.66. The Morgan fingerprint density at radius 2 is 2.04 bits per heavy atom. The molecule has 0 amide bonds. The number of hydrogen-bond acceptors (Lipinski definition) is 5. The number of aromatic amines is 1. The first-order valence-corrected chi connectivity index (χ1v) is 8.09. The molecule has 0 radical (unpaired) electrons. The normalized spacial score (nSPS) is 10.6. The minimum absolute atomic E-state index is 0.306. The molecule has 0 fully saturated rings. The smallest absolute Gasteiger partial charge is 0.357 e. The summed E-state index contributed by atoms with van der Waals surface area (Å²) in [6.07, 6.45) is 5.00. The predicted octanol–water partition coefficient (Wildman–Crippen LogP) is 2.84. The largest absolute Gasteiger partial charge is 0.492 e. The molecule has 3 aromatic rings. The number of rotatable bonds is 7. The maximum absolute atomic E-state index is 12.0. The van der Waals surface area contributed by atoms with Gasteiger partial charge in [0, 0.05) is 0 Å². The van der Waals surface area contributed by atoms with Gasteiger partial charge < -0.3 is 14.0 Å². The molecular formula is C18H20N4O3. The van der Waals surface area contributed by atoms with Gasteiger partial charge in [-0.05, 0) is 26.0 Å². The summed E-state index contributed by atoms with van der Waals surface area (Å²) in [5.41, 5.74) is 2.95. The number of hydrogen-bond donors (Lipinski definition) is 1. The van der Waals surface area contributed by atoms with E-state index in [1.807, 2.05) is 35.8 Å². The molecule has 1 N–H and O–H groups in total. The maximum Gasteiger partial charge on any atom is 0.357 e. The van der Waals surface area contributed by atoms with Crippen molar-refractivity contribution in [2.45, 2.75) is 20.4 Å². The number of nitrogens with zero attached hydrogens (tertiary/aromatic N) is 3. The van der Waals surface area contributed by atoms with Gasteiger partial charge in [0.25, 0.3) is 0 Å². The van der Waals surface area contributed by atoms with Crippen LogP contribution in [0.2, 0.25) is 0 Å². The Kier molecular flexibility index (Phi) is 5.13. The van der Waals surface area contributed by atoms with Gasteiger partial charge in [-0.15, -0.1) is 0 Å². The highest BCUT2D eigenvalue weighted by Gasteiger charge is 2.19. The Morgan fingerprint density at radius 3 is 2.80 bits per heavy atom.